The molecule has 20 heavy (non-hydrogen) atoms. The number of nitrogens with zero attached hydrogens (tertiary/aromatic N) is 1. The van der Waals surface area contributed by atoms with Crippen molar-refractivity contribution in [1.82, 2.24) is 15.3 Å². The van der Waals surface area contributed by atoms with Crippen molar-refractivity contribution in [1.29, 1.82) is 0 Å². The molecule has 2 rings (SSSR count). The Morgan fingerprint density at radius 1 is 1.20 bits per heavy atom. The molecule has 2 unspecified atom stereocenters. The van der Waals surface area contributed by atoms with Crippen LogP contribution in [0.25, 0.3) is 0 Å². The fourth-order valence-electron chi connectivity index (χ4n) is 2.47. The average Bonchev–Trinajstić information content (AvgIpc) is 2.74. The molecule has 0 amide bonds. The number of nitrogens with one attached hydrogen (secondary N) is 2. The molecule has 5 nitrogen and oxygen atoms in total. The van der Waals surface area contributed by atoms with E-state index < -0.39 is 0 Å². The number of hydrogen-bond acceptors (Lipinski definition) is 4. The fraction of sp³-hybridized carbons (Fsp3) is 0.467. The Labute approximate surface area is 118 Å². The van der Waals surface area contributed by atoms with Gasteiger partial charge in [-0.15, -0.1) is 0 Å². The van der Waals surface area contributed by atoms with E-state index in [9.17, 15) is 4.79 Å². The Balaban J connectivity index is 2.20. The van der Waals surface area contributed by atoms with Gasteiger partial charge < -0.3 is 14.7 Å². The van der Waals surface area contributed by atoms with Gasteiger partial charge in [0, 0.05) is 11.7 Å². The normalized spacial score (nSPS) is 14.2. The summed E-state index contributed by atoms with van der Waals surface area (Å²) in [4.78, 5) is 19.1. The predicted octanol–water partition coefficient (Wildman–Crippen LogP) is 2.70. The Hall–Kier alpha value is -1.88. The molecule has 0 saturated heterocycles. The van der Waals surface area contributed by atoms with Gasteiger partial charge in [-0.25, -0.2) is 4.98 Å². The van der Waals surface area contributed by atoms with Gasteiger partial charge in [-0.05, 0) is 46.8 Å². The van der Waals surface area contributed by atoms with E-state index in [1.54, 1.807) is 6.92 Å². The van der Waals surface area contributed by atoms with E-state index in [0.29, 0.717) is 11.4 Å². The first-order chi connectivity index (χ1) is 9.38. The van der Waals surface area contributed by atoms with E-state index in [1.165, 1.54) is 0 Å². The molecule has 0 bridgehead atoms. The smallest absolute Gasteiger partial charge is 0.255 e. The second-order valence-corrected chi connectivity index (χ2v) is 5.21. The third-order valence-corrected chi connectivity index (χ3v) is 3.39. The van der Waals surface area contributed by atoms with Gasteiger partial charge in [0.25, 0.3) is 5.56 Å². The van der Waals surface area contributed by atoms with Crippen molar-refractivity contribution in [2.75, 3.05) is 0 Å². The number of H-pyrrole nitrogens is 1. The zero-order valence-electron chi connectivity index (χ0n) is 12.6. The maximum Gasteiger partial charge on any atom is 0.255 e. The van der Waals surface area contributed by atoms with E-state index >= 15 is 0 Å². The summed E-state index contributed by atoms with van der Waals surface area (Å²) in [5.74, 6) is 2.38. The van der Waals surface area contributed by atoms with Crippen molar-refractivity contribution in [3.05, 3.63) is 51.1 Å². The minimum absolute atomic E-state index is 0.0267. The highest BCUT2D eigenvalue weighted by Crippen LogP contribution is 2.20. The molecule has 0 aliphatic heterocycles. The average molecular weight is 275 g/mol. The highest BCUT2D eigenvalue weighted by molar-refractivity contribution is 5.21. The van der Waals surface area contributed by atoms with Crippen LogP contribution in [0.5, 0.6) is 0 Å². The van der Waals surface area contributed by atoms with Gasteiger partial charge in [0.05, 0.1) is 11.6 Å². The van der Waals surface area contributed by atoms with Crippen LogP contribution in [0.1, 0.15) is 54.5 Å². The molecular formula is C15H21N3O2. The van der Waals surface area contributed by atoms with Crippen LogP contribution in [0, 0.1) is 20.8 Å². The van der Waals surface area contributed by atoms with Crippen molar-refractivity contribution in [2.24, 2.45) is 0 Å². The molecule has 0 radical (unpaired) electrons. The lowest BCUT2D eigenvalue weighted by molar-refractivity contribution is 0.390. The third-order valence-electron chi connectivity index (χ3n) is 3.39. The monoisotopic (exact) mass is 275 g/mol. The van der Waals surface area contributed by atoms with Crippen LogP contribution >= 0.6 is 0 Å². The van der Waals surface area contributed by atoms with E-state index in [4.69, 9.17) is 4.42 Å². The summed E-state index contributed by atoms with van der Waals surface area (Å²) in [5.41, 5.74) is 1.35. The van der Waals surface area contributed by atoms with Crippen LogP contribution in [0.15, 0.2) is 21.3 Å². The number of aromatic amines is 1. The number of hydrogen-bond donors (Lipinski definition) is 2. The highest BCUT2D eigenvalue weighted by Gasteiger charge is 2.18. The Kier molecular flexibility index (Phi) is 4.09. The molecule has 2 atom stereocenters. The standard InChI is InChI=1S/C15H21N3O2/c1-8-6-7-13(20-8)9(2)16-10(3)14-11(4)17-12(5)18-15(14)19/h6-7,9-10,16H,1-5H3,(H,17,18,19). The lowest BCUT2D eigenvalue weighted by Crippen LogP contribution is -2.29. The van der Waals surface area contributed by atoms with Crippen LogP contribution in [-0.4, -0.2) is 9.97 Å². The number of rotatable bonds is 4. The first-order valence-electron chi connectivity index (χ1n) is 6.78. The summed E-state index contributed by atoms with van der Waals surface area (Å²) in [7, 11) is 0. The van der Waals surface area contributed by atoms with Crippen molar-refractivity contribution < 1.29 is 4.42 Å². The van der Waals surface area contributed by atoms with Crippen LogP contribution in [0.3, 0.4) is 0 Å². The third kappa shape index (κ3) is 2.99. The summed E-state index contributed by atoms with van der Waals surface area (Å²) in [6.45, 7) is 9.53. The zero-order chi connectivity index (χ0) is 14.9. The highest BCUT2D eigenvalue weighted by atomic mass is 16.3. The Morgan fingerprint density at radius 2 is 1.90 bits per heavy atom. The maximum atomic E-state index is 12.1. The number of furan rings is 1. The SMILES string of the molecule is Cc1nc(C)c(C(C)NC(C)c2ccc(C)o2)c(=O)[nH]1. The molecule has 5 heteroatoms. The quantitative estimate of drug-likeness (QED) is 0.900. The second-order valence-electron chi connectivity index (χ2n) is 5.21. The first-order valence-corrected chi connectivity index (χ1v) is 6.78. The van der Waals surface area contributed by atoms with Crippen LogP contribution in [0.4, 0.5) is 0 Å². The number of aromatic nitrogens is 2. The zero-order valence-corrected chi connectivity index (χ0v) is 12.6. The van der Waals surface area contributed by atoms with Crippen LogP contribution in [0.2, 0.25) is 0 Å². The summed E-state index contributed by atoms with van der Waals surface area (Å²) in [6.07, 6.45) is 0. The van der Waals surface area contributed by atoms with Gasteiger partial charge in [-0.1, -0.05) is 0 Å². The molecule has 2 heterocycles. The number of aryl methyl sites for hydroxylation is 3. The Morgan fingerprint density at radius 3 is 2.45 bits per heavy atom. The molecule has 0 aliphatic rings. The van der Waals surface area contributed by atoms with Gasteiger partial charge in [0.1, 0.15) is 17.3 Å². The van der Waals surface area contributed by atoms with Crippen LogP contribution < -0.4 is 10.9 Å². The van der Waals surface area contributed by atoms with Crippen molar-refractivity contribution in [3.8, 4) is 0 Å². The lowest BCUT2D eigenvalue weighted by atomic mass is 10.1. The maximum absolute atomic E-state index is 12.1. The minimum atomic E-state index is -0.104. The molecule has 0 aliphatic carbocycles. The molecular weight excluding hydrogens is 254 g/mol. The molecule has 0 fully saturated rings. The summed E-state index contributed by atoms with van der Waals surface area (Å²) >= 11 is 0. The van der Waals surface area contributed by atoms with Crippen LogP contribution in [-0.2, 0) is 0 Å². The second kappa shape index (κ2) is 5.63. The molecule has 2 aromatic heterocycles. The minimum Gasteiger partial charge on any atom is -0.465 e. The predicted molar refractivity (Wildman–Crippen MR) is 77.7 cm³/mol. The lowest BCUT2D eigenvalue weighted by Gasteiger charge is -2.19. The molecule has 0 spiro atoms. The van der Waals surface area contributed by atoms with E-state index in [1.807, 2.05) is 39.8 Å². The van der Waals surface area contributed by atoms with E-state index in [2.05, 4.69) is 15.3 Å². The van der Waals surface area contributed by atoms with Gasteiger partial charge in [-0.2, -0.15) is 0 Å². The molecule has 0 saturated carbocycles. The summed E-state index contributed by atoms with van der Waals surface area (Å²) in [6, 6.07) is 3.81. The first kappa shape index (κ1) is 14.5. The molecule has 108 valence electrons. The summed E-state index contributed by atoms with van der Waals surface area (Å²) < 4.78 is 5.60. The fourth-order valence-corrected chi connectivity index (χ4v) is 2.47. The van der Waals surface area contributed by atoms with Gasteiger partial charge in [0.2, 0.25) is 0 Å². The van der Waals surface area contributed by atoms with Crippen molar-refractivity contribution >= 4 is 0 Å². The summed E-state index contributed by atoms with van der Waals surface area (Å²) in [5, 5.41) is 3.37. The van der Waals surface area contributed by atoms with E-state index in [0.717, 1.165) is 17.2 Å². The molecule has 2 aromatic rings. The topological polar surface area (TPSA) is 70.9 Å². The van der Waals surface area contributed by atoms with Gasteiger partial charge in [0.15, 0.2) is 0 Å². The van der Waals surface area contributed by atoms with Crippen molar-refractivity contribution in [3.63, 3.8) is 0 Å². The van der Waals surface area contributed by atoms with Gasteiger partial charge >= 0.3 is 0 Å². The Bertz CT molecular complexity index is 657. The largest absolute Gasteiger partial charge is 0.465 e. The molecule has 0 aromatic carbocycles. The van der Waals surface area contributed by atoms with E-state index in [-0.39, 0.29) is 17.6 Å². The molecule has 2 N–H and O–H groups in total. The van der Waals surface area contributed by atoms with Crippen molar-refractivity contribution in [2.45, 2.75) is 46.7 Å². The van der Waals surface area contributed by atoms with Gasteiger partial charge in [-0.3, -0.25) is 4.79 Å².